The SMILES string of the molecule is CCOc1ccc(S(=O)(=O)NCc2ccc(Cl)cc2Cl)cc1NC(=O)c1cccc(Cl)c1. The number of sulfonamides is 1. The molecule has 0 spiro atoms. The summed E-state index contributed by atoms with van der Waals surface area (Å²) in [5, 5.41) is 3.90. The normalized spacial score (nSPS) is 11.2. The third-order valence-corrected chi connectivity index (χ3v) is 6.58. The van der Waals surface area contributed by atoms with Gasteiger partial charge in [-0.25, -0.2) is 13.1 Å². The van der Waals surface area contributed by atoms with E-state index in [1.54, 1.807) is 37.3 Å². The van der Waals surface area contributed by atoms with Crippen LogP contribution >= 0.6 is 34.8 Å². The first-order chi connectivity index (χ1) is 15.2. The van der Waals surface area contributed by atoms with Gasteiger partial charge in [0.2, 0.25) is 10.0 Å². The number of rotatable bonds is 8. The van der Waals surface area contributed by atoms with Gasteiger partial charge in [-0.2, -0.15) is 0 Å². The minimum absolute atomic E-state index is 0.0320. The maximum Gasteiger partial charge on any atom is 0.255 e. The average Bonchev–Trinajstić information content (AvgIpc) is 2.74. The van der Waals surface area contributed by atoms with Crippen molar-refractivity contribution in [3.05, 3.63) is 86.9 Å². The van der Waals surface area contributed by atoms with Gasteiger partial charge >= 0.3 is 0 Å². The summed E-state index contributed by atoms with van der Waals surface area (Å²) in [7, 11) is -3.92. The minimum Gasteiger partial charge on any atom is -0.492 e. The molecule has 6 nitrogen and oxygen atoms in total. The molecular formula is C22H19Cl3N2O4S. The van der Waals surface area contributed by atoms with Crippen molar-refractivity contribution < 1.29 is 17.9 Å². The number of halogens is 3. The number of carbonyl (C=O) groups is 1. The van der Waals surface area contributed by atoms with Crippen LogP contribution < -0.4 is 14.8 Å². The molecule has 3 aromatic carbocycles. The van der Waals surface area contributed by atoms with Crippen LogP contribution in [-0.4, -0.2) is 20.9 Å². The van der Waals surface area contributed by atoms with Gasteiger partial charge in [-0.15, -0.1) is 0 Å². The van der Waals surface area contributed by atoms with Crippen molar-refractivity contribution in [2.24, 2.45) is 0 Å². The summed E-state index contributed by atoms with van der Waals surface area (Å²) in [4.78, 5) is 12.6. The zero-order valence-electron chi connectivity index (χ0n) is 16.9. The van der Waals surface area contributed by atoms with Crippen LogP contribution in [-0.2, 0) is 16.6 Å². The molecule has 0 saturated heterocycles. The van der Waals surface area contributed by atoms with Crippen molar-refractivity contribution in [3.63, 3.8) is 0 Å². The van der Waals surface area contributed by atoms with E-state index < -0.39 is 15.9 Å². The van der Waals surface area contributed by atoms with Gasteiger partial charge in [0, 0.05) is 27.2 Å². The highest BCUT2D eigenvalue weighted by molar-refractivity contribution is 7.89. The molecule has 3 rings (SSSR count). The van der Waals surface area contributed by atoms with Gasteiger partial charge in [-0.05, 0) is 61.0 Å². The van der Waals surface area contributed by atoms with Crippen molar-refractivity contribution in [1.29, 1.82) is 0 Å². The Labute approximate surface area is 201 Å². The molecule has 0 aliphatic carbocycles. The molecule has 0 atom stereocenters. The fraction of sp³-hybridized carbons (Fsp3) is 0.136. The molecule has 32 heavy (non-hydrogen) atoms. The van der Waals surface area contributed by atoms with Crippen molar-refractivity contribution in [3.8, 4) is 5.75 Å². The molecule has 0 saturated carbocycles. The summed E-state index contributed by atoms with van der Waals surface area (Å²) in [5.41, 5.74) is 1.10. The molecular weight excluding hydrogens is 495 g/mol. The van der Waals surface area contributed by atoms with Crippen LogP contribution in [0.15, 0.2) is 65.6 Å². The Balaban J connectivity index is 1.85. The molecule has 0 unspecified atom stereocenters. The second-order valence-electron chi connectivity index (χ2n) is 6.62. The lowest BCUT2D eigenvalue weighted by Crippen LogP contribution is -2.23. The Morgan fingerprint density at radius 1 is 0.969 bits per heavy atom. The van der Waals surface area contributed by atoms with Crippen LogP contribution in [0.25, 0.3) is 0 Å². The van der Waals surface area contributed by atoms with Crippen molar-refractivity contribution in [2.45, 2.75) is 18.4 Å². The van der Waals surface area contributed by atoms with Gasteiger partial charge in [-0.1, -0.05) is 46.9 Å². The summed E-state index contributed by atoms with van der Waals surface area (Å²) >= 11 is 18.0. The molecule has 0 heterocycles. The molecule has 1 amide bonds. The standard InChI is InChI=1S/C22H19Cl3N2O4S/c1-2-31-21-9-8-18(12-20(21)27-22(28)14-4-3-5-16(23)10-14)32(29,30)26-13-15-6-7-17(24)11-19(15)25/h3-12,26H,2,13H2,1H3,(H,27,28). The van der Waals surface area contributed by atoms with E-state index in [9.17, 15) is 13.2 Å². The van der Waals surface area contributed by atoms with E-state index in [2.05, 4.69) is 10.0 Å². The lowest BCUT2D eigenvalue weighted by atomic mass is 10.2. The number of carbonyl (C=O) groups excluding carboxylic acids is 1. The summed E-state index contributed by atoms with van der Waals surface area (Å²) in [6, 6.07) is 15.4. The molecule has 0 bridgehead atoms. The lowest BCUT2D eigenvalue weighted by Gasteiger charge is -2.14. The van der Waals surface area contributed by atoms with Crippen LogP contribution in [0.3, 0.4) is 0 Å². The predicted molar refractivity (Wildman–Crippen MR) is 128 cm³/mol. The van der Waals surface area contributed by atoms with Gasteiger partial charge in [0.1, 0.15) is 5.75 Å². The number of hydrogen-bond acceptors (Lipinski definition) is 4. The Morgan fingerprint density at radius 2 is 1.72 bits per heavy atom. The number of anilines is 1. The Hall–Kier alpha value is -2.29. The van der Waals surface area contributed by atoms with E-state index in [-0.39, 0.29) is 17.1 Å². The first kappa shape index (κ1) is 24.4. The summed E-state index contributed by atoms with van der Waals surface area (Å²) < 4.78 is 33.7. The van der Waals surface area contributed by atoms with Crippen LogP contribution in [0.1, 0.15) is 22.8 Å². The van der Waals surface area contributed by atoms with E-state index in [4.69, 9.17) is 39.5 Å². The smallest absolute Gasteiger partial charge is 0.255 e. The second kappa shape index (κ2) is 10.6. The quantitative estimate of drug-likeness (QED) is 0.400. The number of ether oxygens (including phenoxy) is 1. The predicted octanol–water partition coefficient (Wildman–Crippen LogP) is 5.78. The van der Waals surface area contributed by atoms with Crippen molar-refractivity contribution >= 4 is 56.4 Å². The Bertz CT molecular complexity index is 1250. The summed E-state index contributed by atoms with van der Waals surface area (Å²) in [5.74, 6) is -0.119. The van der Waals surface area contributed by atoms with Crippen molar-refractivity contribution in [2.75, 3.05) is 11.9 Å². The fourth-order valence-electron chi connectivity index (χ4n) is 2.80. The monoisotopic (exact) mass is 512 g/mol. The van der Waals surface area contributed by atoms with Crippen molar-refractivity contribution in [1.82, 2.24) is 4.72 Å². The molecule has 3 aromatic rings. The molecule has 0 aromatic heterocycles. The average molecular weight is 514 g/mol. The van der Waals surface area contributed by atoms with E-state index in [0.29, 0.717) is 38.6 Å². The summed E-state index contributed by atoms with van der Waals surface area (Å²) in [6.07, 6.45) is 0. The van der Waals surface area contributed by atoms with E-state index in [1.807, 2.05) is 0 Å². The van der Waals surface area contributed by atoms with Gasteiger partial charge in [0.15, 0.2) is 0 Å². The number of amides is 1. The Morgan fingerprint density at radius 3 is 2.41 bits per heavy atom. The number of benzene rings is 3. The van der Waals surface area contributed by atoms with E-state index >= 15 is 0 Å². The number of nitrogens with one attached hydrogen (secondary N) is 2. The molecule has 0 fully saturated rings. The van der Waals surface area contributed by atoms with Gasteiger partial charge < -0.3 is 10.1 Å². The summed E-state index contributed by atoms with van der Waals surface area (Å²) in [6.45, 7) is 2.08. The lowest BCUT2D eigenvalue weighted by molar-refractivity contribution is 0.102. The van der Waals surface area contributed by atoms with Crippen LogP contribution in [0, 0.1) is 0 Å². The third kappa shape index (κ3) is 6.15. The molecule has 10 heteroatoms. The number of hydrogen-bond donors (Lipinski definition) is 2. The molecule has 0 radical (unpaired) electrons. The molecule has 0 aliphatic heterocycles. The van der Waals surface area contributed by atoms with Gasteiger partial charge in [-0.3, -0.25) is 4.79 Å². The fourth-order valence-corrected chi connectivity index (χ4v) is 4.50. The highest BCUT2D eigenvalue weighted by atomic mass is 35.5. The van der Waals surface area contributed by atoms with Crippen LogP contribution in [0.5, 0.6) is 5.75 Å². The zero-order chi connectivity index (χ0) is 23.3. The minimum atomic E-state index is -3.92. The largest absolute Gasteiger partial charge is 0.492 e. The topological polar surface area (TPSA) is 84.5 Å². The maximum absolute atomic E-state index is 12.9. The Kier molecular flexibility index (Phi) is 8.03. The molecule has 0 aliphatic rings. The van der Waals surface area contributed by atoms with E-state index in [1.165, 1.54) is 30.3 Å². The van der Waals surface area contributed by atoms with Gasteiger partial charge in [0.25, 0.3) is 5.91 Å². The second-order valence-corrected chi connectivity index (χ2v) is 9.66. The molecule has 168 valence electrons. The van der Waals surface area contributed by atoms with Crippen LogP contribution in [0.2, 0.25) is 15.1 Å². The van der Waals surface area contributed by atoms with Gasteiger partial charge in [0.05, 0.1) is 17.2 Å². The first-order valence-electron chi connectivity index (χ1n) is 9.47. The highest BCUT2D eigenvalue weighted by Gasteiger charge is 2.19. The van der Waals surface area contributed by atoms with E-state index in [0.717, 1.165) is 0 Å². The zero-order valence-corrected chi connectivity index (χ0v) is 19.9. The van der Waals surface area contributed by atoms with Crippen LogP contribution in [0.4, 0.5) is 5.69 Å². The first-order valence-corrected chi connectivity index (χ1v) is 12.1. The maximum atomic E-state index is 12.9. The molecule has 2 N–H and O–H groups in total. The highest BCUT2D eigenvalue weighted by Crippen LogP contribution is 2.29. The third-order valence-electron chi connectivity index (χ3n) is 4.36.